The van der Waals surface area contributed by atoms with E-state index in [1.165, 1.54) is 57.8 Å². The summed E-state index contributed by atoms with van der Waals surface area (Å²) in [4.78, 5) is 35.5. The molecule has 0 bridgehead atoms. The van der Waals surface area contributed by atoms with Gasteiger partial charge in [0.2, 0.25) is 0 Å². The third-order valence-corrected chi connectivity index (χ3v) is 11.4. The van der Waals surface area contributed by atoms with Crippen molar-refractivity contribution >= 4 is 19.8 Å². The Morgan fingerprint density at radius 2 is 1.10 bits per heavy atom. The van der Waals surface area contributed by atoms with E-state index in [9.17, 15) is 19.0 Å². The van der Waals surface area contributed by atoms with E-state index in [0.29, 0.717) is 36.1 Å². The summed E-state index contributed by atoms with van der Waals surface area (Å²) in [7, 11) is 1.42. The number of epoxide rings is 1. The average molecular weight is 891 g/mol. The van der Waals surface area contributed by atoms with Crippen molar-refractivity contribution in [2.75, 3.05) is 47.5 Å². The molecule has 11 heteroatoms. The standard InChI is InChI=1S/C51H88NO9P/c1-6-8-10-11-12-13-14-15-16-17-18-19-20-21-22-23-28-31-34-38-42-51(54)60-47(46-59-62(55,56)58-44-43-52(3,4)5)45-57-50(53)41-37-33-30-27-25-24-26-29-32-36-40-49-48(61-49)39-35-9-7-2/h13-14,16-17,19-20,24,26-27,30,32,36,47-49H,6-12,15,18,21-23,25,28-29,31,33-35,37-46H2,1-5H3/p+1/b14-13-,17-16-,20-19-,26-24-,30-27-,36-32-/t47-,48?,49?/m1/s1. The lowest BCUT2D eigenvalue weighted by atomic mass is 10.1. The zero-order chi connectivity index (χ0) is 45.4. The highest BCUT2D eigenvalue weighted by molar-refractivity contribution is 7.47. The molecule has 1 aliphatic heterocycles. The molecule has 0 aromatic heterocycles. The number of carbonyl (C=O) groups is 2. The van der Waals surface area contributed by atoms with Crippen LogP contribution in [-0.2, 0) is 37.4 Å². The predicted molar refractivity (Wildman–Crippen MR) is 256 cm³/mol. The highest BCUT2D eigenvalue weighted by Crippen LogP contribution is 2.43. The molecule has 356 valence electrons. The summed E-state index contributed by atoms with van der Waals surface area (Å²) in [5.41, 5.74) is 0. The van der Waals surface area contributed by atoms with Gasteiger partial charge in [-0.2, -0.15) is 0 Å². The van der Waals surface area contributed by atoms with Crippen LogP contribution in [0.1, 0.15) is 174 Å². The topological polar surface area (TPSA) is 121 Å². The van der Waals surface area contributed by atoms with Crippen LogP contribution >= 0.6 is 7.82 Å². The molecule has 0 amide bonds. The molecule has 1 rings (SSSR count). The molecule has 4 atom stereocenters. The number of phosphoric ester groups is 1. The van der Waals surface area contributed by atoms with Crippen LogP contribution in [0.4, 0.5) is 0 Å². The molecular formula is C51H89NO9P+. The molecule has 0 aliphatic carbocycles. The Balaban J connectivity index is 2.29. The van der Waals surface area contributed by atoms with Crippen molar-refractivity contribution in [3.63, 3.8) is 0 Å². The van der Waals surface area contributed by atoms with Crippen molar-refractivity contribution in [2.45, 2.75) is 193 Å². The molecule has 1 saturated heterocycles. The number of ether oxygens (including phenoxy) is 3. The molecule has 0 spiro atoms. The van der Waals surface area contributed by atoms with E-state index >= 15 is 0 Å². The first kappa shape index (κ1) is 57.4. The fraction of sp³-hybridized carbons (Fsp3) is 0.725. The van der Waals surface area contributed by atoms with Crippen LogP contribution in [0, 0.1) is 0 Å². The normalized spacial score (nSPS) is 17.4. The molecule has 62 heavy (non-hydrogen) atoms. The monoisotopic (exact) mass is 891 g/mol. The Labute approximate surface area is 378 Å². The van der Waals surface area contributed by atoms with Crippen molar-refractivity contribution in [1.29, 1.82) is 0 Å². The fourth-order valence-electron chi connectivity index (χ4n) is 6.46. The first-order valence-electron chi connectivity index (χ1n) is 24.3. The number of rotatable bonds is 42. The number of likely N-dealkylation sites (N-methyl/N-ethyl adjacent to an activating group) is 1. The van der Waals surface area contributed by atoms with Crippen LogP contribution in [0.25, 0.3) is 0 Å². The van der Waals surface area contributed by atoms with Crippen LogP contribution in [0.2, 0.25) is 0 Å². The van der Waals surface area contributed by atoms with Gasteiger partial charge in [0.05, 0.1) is 40.0 Å². The quantitative estimate of drug-likeness (QED) is 0.0159. The van der Waals surface area contributed by atoms with E-state index < -0.39 is 32.5 Å². The third kappa shape index (κ3) is 39.0. The molecule has 1 aliphatic rings. The number of esters is 2. The maximum atomic E-state index is 12.7. The second kappa shape index (κ2) is 38.8. The van der Waals surface area contributed by atoms with Gasteiger partial charge in [-0.1, -0.05) is 151 Å². The van der Waals surface area contributed by atoms with Crippen molar-refractivity contribution in [2.24, 2.45) is 0 Å². The second-order valence-electron chi connectivity index (χ2n) is 17.5. The minimum atomic E-state index is -4.40. The van der Waals surface area contributed by atoms with Gasteiger partial charge in [-0.05, 0) is 83.5 Å². The van der Waals surface area contributed by atoms with Gasteiger partial charge >= 0.3 is 19.8 Å². The second-order valence-corrected chi connectivity index (χ2v) is 19.0. The summed E-state index contributed by atoms with van der Waals surface area (Å²) >= 11 is 0. The summed E-state index contributed by atoms with van der Waals surface area (Å²) in [5, 5.41) is 0. The number of unbranched alkanes of at least 4 members (excludes halogenated alkanes) is 13. The van der Waals surface area contributed by atoms with E-state index in [2.05, 4.69) is 86.8 Å². The lowest BCUT2D eigenvalue weighted by Crippen LogP contribution is -2.37. The van der Waals surface area contributed by atoms with Gasteiger partial charge in [-0.15, -0.1) is 0 Å². The van der Waals surface area contributed by atoms with Crippen LogP contribution in [0.3, 0.4) is 0 Å². The molecule has 1 fully saturated rings. The zero-order valence-electron chi connectivity index (χ0n) is 39.8. The first-order valence-corrected chi connectivity index (χ1v) is 25.8. The maximum Gasteiger partial charge on any atom is 0.472 e. The van der Waals surface area contributed by atoms with Crippen molar-refractivity contribution in [3.8, 4) is 0 Å². The molecular weight excluding hydrogens is 802 g/mol. The van der Waals surface area contributed by atoms with Crippen LogP contribution in [0.5, 0.6) is 0 Å². The van der Waals surface area contributed by atoms with Crippen LogP contribution in [0.15, 0.2) is 72.9 Å². The van der Waals surface area contributed by atoms with E-state index in [-0.39, 0.29) is 26.1 Å². The number of allylic oxidation sites excluding steroid dienone is 11. The first-order chi connectivity index (χ1) is 30.0. The predicted octanol–water partition coefficient (Wildman–Crippen LogP) is 13.2. The van der Waals surface area contributed by atoms with Crippen LogP contribution in [-0.4, -0.2) is 87.1 Å². The Bertz CT molecular complexity index is 1350. The van der Waals surface area contributed by atoms with Crippen molar-refractivity contribution in [3.05, 3.63) is 72.9 Å². The number of quaternary nitrogens is 1. The van der Waals surface area contributed by atoms with E-state index in [1.54, 1.807) is 0 Å². The summed E-state index contributed by atoms with van der Waals surface area (Å²) in [5.74, 6) is -0.888. The molecule has 0 aromatic rings. The number of nitrogens with zero attached hydrogens (tertiary/aromatic N) is 1. The van der Waals surface area contributed by atoms with Gasteiger partial charge in [-0.25, -0.2) is 4.57 Å². The lowest BCUT2D eigenvalue weighted by molar-refractivity contribution is -0.870. The SMILES string of the molecule is CCCCCC/C=C\C/C=C\C/C=C\CCCCCCCCC(=O)O[C@H](COC(=O)CCC/C=C\C/C=C\C/C=C\CC1OC1CCCCC)COP(=O)(O)OCC[N+](C)(C)C. The van der Waals surface area contributed by atoms with Gasteiger partial charge in [0.1, 0.15) is 19.8 Å². The zero-order valence-corrected chi connectivity index (χ0v) is 40.7. The number of carbonyl (C=O) groups excluding carboxylic acids is 2. The molecule has 0 radical (unpaired) electrons. The van der Waals surface area contributed by atoms with E-state index in [0.717, 1.165) is 77.0 Å². The molecule has 0 saturated carbocycles. The Morgan fingerprint density at radius 3 is 1.69 bits per heavy atom. The van der Waals surface area contributed by atoms with Crippen molar-refractivity contribution in [1.82, 2.24) is 0 Å². The van der Waals surface area contributed by atoms with Crippen molar-refractivity contribution < 1.29 is 46.8 Å². The number of phosphoric acid groups is 1. The Hall–Kier alpha value is -2.59. The number of hydrogen-bond donors (Lipinski definition) is 1. The van der Waals surface area contributed by atoms with Gasteiger partial charge < -0.3 is 23.6 Å². The highest BCUT2D eigenvalue weighted by atomic mass is 31.2. The van der Waals surface area contributed by atoms with Crippen LogP contribution < -0.4 is 0 Å². The van der Waals surface area contributed by atoms with Gasteiger partial charge in [-0.3, -0.25) is 18.6 Å². The lowest BCUT2D eigenvalue weighted by Gasteiger charge is -2.24. The molecule has 3 unspecified atom stereocenters. The van der Waals surface area contributed by atoms with E-state index in [4.69, 9.17) is 23.3 Å². The summed E-state index contributed by atoms with van der Waals surface area (Å²) in [6.45, 7) is 4.28. The van der Waals surface area contributed by atoms with E-state index in [1.807, 2.05) is 21.1 Å². The average Bonchev–Trinajstić information content (AvgIpc) is 3.98. The maximum absolute atomic E-state index is 12.7. The molecule has 0 aromatic carbocycles. The Kier molecular flexibility index (Phi) is 36.0. The summed E-state index contributed by atoms with van der Waals surface area (Å²) in [6, 6.07) is 0. The fourth-order valence-corrected chi connectivity index (χ4v) is 7.20. The summed E-state index contributed by atoms with van der Waals surface area (Å²) < 4.78 is 40.1. The molecule has 1 N–H and O–H groups in total. The largest absolute Gasteiger partial charge is 0.472 e. The van der Waals surface area contributed by atoms with Gasteiger partial charge in [0, 0.05) is 12.8 Å². The van der Waals surface area contributed by atoms with Gasteiger partial charge in [0.15, 0.2) is 6.10 Å². The smallest absolute Gasteiger partial charge is 0.462 e. The number of hydrogen-bond acceptors (Lipinski definition) is 8. The minimum absolute atomic E-state index is 0.0148. The minimum Gasteiger partial charge on any atom is -0.462 e. The van der Waals surface area contributed by atoms with Gasteiger partial charge in [0.25, 0.3) is 0 Å². The molecule has 1 heterocycles. The summed E-state index contributed by atoms with van der Waals surface area (Å²) in [6.07, 6.45) is 51.3. The molecule has 10 nitrogen and oxygen atoms in total. The Morgan fingerprint density at radius 1 is 0.597 bits per heavy atom. The highest BCUT2D eigenvalue weighted by Gasteiger charge is 2.36. The third-order valence-electron chi connectivity index (χ3n) is 10.4.